The molecule has 1 heterocycles. The lowest BCUT2D eigenvalue weighted by molar-refractivity contribution is 0.477. The van der Waals surface area contributed by atoms with Crippen molar-refractivity contribution >= 4 is 5.82 Å². The topological polar surface area (TPSA) is 87.7 Å². The number of aromatic amines is 1. The summed E-state index contributed by atoms with van der Waals surface area (Å²) in [5, 5.41) is 15.6. The standard InChI is InChI=1S/C16H11FN4O/c17-11-2-1-3-13(8-11)22-12-6-4-10(5-7-12)15-14(9-18)16(19)21-20-15/h1-8H,(H3,19,20,21). The quantitative estimate of drug-likeness (QED) is 0.774. The predicted octanol–water partition coefficient (Wildman–Crippen LogP) is 3.46. The maximum Gasteiger partial charge on any atom is 0.163 e. The van der Waals surface area contributed by atoms with Crippen molar-refractivity contribution in [3.63, 3.8) is 0 Å². The molecule has 0 amide bonds. The number of H-pyrrole nitrogens is 1. The van der Waals surface area contributed by atoms with Gasteiger partial charge in [0.1, 0.15) is 28.9 Å². The van der Waals surface area contributed by atoms with E-state index in [0.29, 0.717) is 22.8 Å². The van der Waals surface area contributed by atoms with E-state index in [2.05, 4.69) is 10.2 Å². The average molecular weight is 294 g/mol. The number of nitrogens with two attached hydrogens (primary N) is 1. The van der Waals surface area contributed by atoms with Gasteiger partial charge in [-0.1, -0.05) is 6.07 Å². The normalized spacial score (nSPS) is 10.2. The number of rotatable bonds is 3. The molecule has 2 aromatic carbocycles. The van der Waals surface area contributed by atoms with Crippen LogP contribution in [0.2, 0.25) is 0 Å². The molecule has 3 rings (SSSR count). The monoisotopic (exact) mass is 294 g/mol. The maximum atomic E-state index is 13.1. The molecule has 22 heavy (non-hydrogen) atoms. The Morgan fingerprint density at radius 2 is 1.91 bits per heavy atom. The number of ether oxygens (including phenoxy) is 1. The number of halogens is 1. The lowest BCUT2D eigenvalue weighted by Crippen LogP contribution is -1.88. The van der Waals surface area contributed by atoms with Crippen LogP contribution in [-0.4, -0.2) is 10.2 Å². The van der Waals surface area contributed by atoms with E-state index < -0.39 is 0 Å². The van der Waals surface area contributed by atoms with E-state index in [0.717, 1.165) is 5.56 Å². The molecule has 0 radical (unpaired) electrons. The Morgan fingerprint density at radius 1 is 1.14 bits per heavy atom. The molecular weight excluding hydrogens is 283 g/mol. The van der Waals surface area contributed by atoms with E-state index in [9.17, 15) is 4.39 Å². The number of hydrogen-bond donors (Lipinski definition) is 2. The molecule has 1 aromatic heterocycles. The van der Waals surface area contributed by atoms with Gasteiger partial charge in [0.2, 0.25) is 0 Å². The summed E-state index contributed by atoms with van der Waals surface area (Å²) in [4.78, 5) is 0. The summed E-state index contributed by atoms with van der Waals surface area (Å²) in [5.74, 6) is 0.773. The van der Waals surface area contributed by atoms with E-state index >= 15 is 0 Å². The van der Waals surface area contributed by atoms with Gasteiger partial charge in [0.05, 0.1) is 5.69 Å². The summed E-state index contributed by atoms with van der Waals surface area (Å²) in [7, 11) is 0. The molecule has 0 saturated carbocycles. The number of anilines is 1. The third-order valence-electron chi connectivity index (χ3n) is 3.08. The van der Waals surface area contributed by atoms with Crippen LogP contribution in [-0.2, 0) is 0 Å². The summed E-state index contributed by atoms with van der Waals surface area (Å²) in [5.41, 5.74) is 7.22. The molecule has 0 saturated heterocycles. The minimum atomic E-state index is -0.360. The molecule has 0 spiro atoms. The molecule has 0 bridgehead atoms. The zero-order valence-corrected chi connectivity index (χ0v) is 11.4. The van der Waals surface area contributed by atoms with E-state index in [1.165, 1.54) is 12.1 Å². The van der Waals surface area contributed by atoms with E-state index in [1.54, 1.807) is 36.4 Å². The summed E-state index contributed by atoms with van der Waals surface area (Å²) in [6.07, 6.45) is 0. The molecule has 6 heteroatoms. The minimum absolute atomic E-state index is 0.164. The average Bonchev–Trinajstić information content (AvgIpc) is 2.89. The lowest BCUT2D eigenvalue weighted by atomic mass is 10.1. The molecule has 0 aliphatic heterocycles. The summed E-state index contributed by atoms with van der Waals surface area (Å²) in [6, 6.07) is 14.9. The fourth-order valence-corrected chi connectivity index (χ4v) is 2.03. The van der Waals surface area contributed by atoms with Crippen LogP contribution in [0.4, 0.5) is 10.2 Å². The van der Waals surface area contributed by atoms with E-state index in [-0.39, 0.29) is 11.6 Å². The van der Waals surface area contributed by atoms with E-state index in [4.69, 9.17) is 15.7 Å². The Hall–Kier alpha value is -3.33. The first kappa shape index (κ1) is 13.6. The summed E-state index contributed by atoms with van der Waals surface area (Å²) in [6.45, 7) is 0. The van der Waals surface area contributed by atoms with Crippen molar-refractivity contribution in [2.45, 2.75) is 0 Å². The molecular formula is C16H11FN4O. The van der Waals surface area contributed by atoms with Crippen LogP contribution in [0.1, 0.15) is 5.56 Å². The van der Waals surface area contributed by atoms with Crippen molar-refractivity contribution in [1.29, 1.82) is 5.26 Å². The predicted molar refractivity (Wildman–Crippen MR) is 79.6 cm³/mol. The highest BCUT2D eigenvalue weighted by molar-refractivity contribution is 5.72. The highest BCUT2D eigenvalue weighted by Crippen LogP contribution is 2.28. The molecule has 108 valence electrons. The Bertz CT molecular complexity index is 849. The Labute approximate surface area is 125 Å². The smallest absolute Gasteiger partial charge is 0.163 e. The molecule has 0 aliphatic rings. The first-order valence-electron chi connectivity index (χ1n) is 6.45. The van der Waals surface area contributed by atoms with Gasteiger partial charge in [-0.25, -0.2) is 4.39 Å². The zero-order valence-electron chi connectivity index (χ0n) is 11.4. The largest absolute Gasteiger partial charge is 0.457 e. The maximum absolute atomic E-state index is 13.1. The molecule has 0 aliphatic carbocycles. The number of nitrogen functional groups attached to an aromatic ring is 1. The minimum Gasteiger partial charge on any atom is -0.457 e. The van der Waals surface area contributed by atoms with Gasteiger partial charge in [0.25, 0.3) is 0 Å². The second-order valence-electron chi connectivity index (χ2n) is 4.55. The third-order valence-corrected chi connectivity index (χ3v) is 3.08. The Kier molecular flexibility index (Phi) is 3.46. The van der Waals surface area contributed by atoms with Crippen molar-refractivity contribution in [2.75, 3.05) is 5.73 Å². The first-order valence-corrected chi connectivity index (χ1v) is 6.45. The van der Waals surface area contributed by atoms with Crippen LogP contribution in [0.5, 0.6) is 11.5 Å². The second kappa shape index (κ2) is 5.58. The lowest BCUT2D eigenvalue weighted by Gasteiger charge is -2.06. The van der Waals surface area contributed by atoms with Gasteiger partial charge in [-0.2, -0.15) is 10.4 Å². The molecule has 0 unspecified atom stereocenters. The number of aromatic nitrogens is 2. The van der Waals surface area contributed by atoms with Crippen LogP contribution < -0.4 is 10.5 Å². The van der Waals surface area contributed by atoms with Gasteiger partial charge < -0.3 is 10.5 Å². The second-order valence-corrected chi connectivity index (χ2v) is 4.55. The summed E-state index contributed by atoms with van der Waals surface area (Å²) < 4.78 is 18.7. The van der Waals surface area contributed by atoms with Gasteiger partial charge >= 0.3 is 0 Å². The van der Waals surface area contributed by atoms with Crippen LogP contribution in [0, 0.1) is 17.1 Å². The van der Waals surface area contributed by atoms with Crippen LogP contribution >= 0.6 is 0 Å². The number of nitrogens with zero attached hydrogens (tertiary/aromatic N) is 2. The first-order chi connectivity index (χ1) is 10.7. The van der Waals surface area contributed by atoms with Crippen molar-refractivity contribution < 1.29 is 9.13 Å². The van der Waals surface area contributed by atoms with Crippen LogP contribution in [0.3, 0.4) is 0 Å². The fourth-order valence-electron chi connectivity index (χ4n) is 2.03. The molecule has 0 atom stereocenters. The van der Waals surface area contributed by atoms with Crippen molar-refractivity contribution in [3.05, 3.63) is 59.9 Å². The zero-order chi connectivity index (χ0) is 15.5. The highest BCUT2D eigenvalue weighted by Gasteiger charge is 2.12. The Morgan fingerprint density at radius 3 is 2.59 bits per heavy atom. The SMILES string of the molecule is N#Cc1c(N)n[nH]c1-c1ccc(Oc2cccc(F)c2)cc1. The van der Waals surface area contributed by atoms with Gasteiger partial charge in [-0.05, 0) is 36.4 Å². The number of nitrogens with one attached hydrogen (secondary N) is 1. The van der Waals surface area contributed by atoms with Gasteiger partial charge in [-0.15, -0.1) is 0 Å². The van der Waals surface area contributed by atoms with Crippen molar-refractivity contribution in [3.8, 4) is 28.8 Å². The molecule has 5 nitrogen and oxygen atoms in total. The summed E-state index contributed by atoms with van der Waals surface area (Å²) >= 11 is 0. The van der Waals surface area contributed by atoms with Crippen molar-refractivity contribution in [1.82, 2.24) is 10.2 Å². The Balaban J connectivity index is 1.85. The fraction of sp³-hybridized carbons (Fsp3) is 0. The van der Waals surface area contributed by atoms with Crippen LogP contribution in [0.25, 0.3) is 11.3 Å². The van der Waals surface area contributed by atoms with Gasteiger partial charge in [0, 0.05) is 11.6 Å². The molecule has 3 aromatic rings. The number of nitriles is 1. The number of hydrogen-bond acceptors (Lipinski definition) is 4. The third kappa shape index (κ3) is 2.60. The van der Waals surface area contributed by atoms with Gasteiger partial charge in [-0.3, -0.25) is 5.10 Å². The van der Waals surface area contributed by atoms with Gasteiger partial charge in [0.15, 0.2) is 5.82 Å². The molecule has 3 N–H and O–H groups in total. The van der Waals surface area contributed by atoms with Crippen molar-refractivity contribution in [2.24, 2.45) is 0 Å². The van der Waals surface area contributed by atoms with Crippen LogP contribution in [0.15, 0.2) is 48.5 Å². The molecule has 0 fully saturated rings. The van der Waals surface area contributed by atoms with E-state index in [1.807, 2.05) is 6.07 Å². The highest BCUT2D eigenvalue weighted by atomic mass is 19.1. The number of benzene rings is 2.